The summed E-state index contributed by atoms with van der Waals surface area (Å²) in [4.78, 5) is 0. The lowest BCUT2D eigenvalue weighted by atomic mass is 10.0. The lowest BCUT2D eigenvalue weighted by Gasteiger charge is -2.09. The van der Waals surface area contributed by atoms with E-state index in [2.05, 4.69) is 68.5 Å². The first-order valence-corrected chi connectivity index (χ1v) is 6.58. The molecule has 0 aliphatic carbocycles. The summed E-state index contributed by atoms with van der Waals surface area (Å²) in [6, 6.07) is 15.0. The van der Waals surface area contributed by atoms with Gasteiger partial charge < -0.3 is 5.73 Å². The molecule has 0 saturated carbocycles. The summed E-state index contributed by atoms with van der Waals surface area (Å²) in [6.45, 7) is 4.40. The van der Waals surface area contributed by atoms with Gasteiger partial charge in [-0.05, 0) is 28.7 Å². The van der Waals surface area contributed by atoms with Crippen LogP contribution in [0.5, 0.6) is 0 Å². The van der Waals surface area contributed by atoms with E-state index in [1.165, 1.54) is 16.3 Å². The monoisotopic (exact) mass is 239 g/mol. The average Bonchev–Trinajstić information content (AvgIpc) is 2.35. The minimum atomic E-state index is 0.143. The molecule has 18 heavy (non-hydrogen) atoms. The zero-order chi connectivity index (χ0) is 13.0. The number of hydrogen-bond acceptors (Lipinski definition) is 1. The van der Waals surface area contributed by atoms with E-state index in [4.69, 9.17) is 5.73 Å². The quantitative estimate of drug-likeness (QED) is 0.849. The van der Waals surface area contributed by atoms with E-state index < -0.39 is 0 Å². The second kappa shape index (κ2) is 5.83. The number of nitrogens with two attached hydrogens (primary N) is 1. The third-order valence-electron chi connectivity index (χ3n) is 3.09. The van der Waals surface area contributed by atoms with Gasteiger partial charge in [0.2, 0.25) is 0 Å². The van der Waals surface area contributed by atoms with Crippen LogP contribution in [0.3, 0.4) is 0 Å². The van der Waals surface area contributed by atoms with Gasteiger partial charge in [0.25, 0.3) is 0 Å². The number of rotatable bonds is 4. The molecule has 0 bridgehead atoms. The van der Waals surface area contributed by atoms with Gasteiger partial charge in [0.05, 0.1) is 0 Å². The first-order chi connectivity index (χ1) is 8.66. The standard InChI is InChI=1S/C17H21N/c1-13(2)12-16(18)11-10-15-8-5-7-14-6-3-4-9-17(14)15/h3-11,13,16H,12,18H2,1-2H3/b11-10+/t16-/m1/s1. The molecule has 2 aromatic rings. The Morgan fingerprint density at radius 3 is 2.56 bits per heavy atom. The van der Waals surface area contributed by atoms with Crippen LogP contribution < -0.4 is 5.73 Å². The van der Waals surface area contributed by atoms with Gasteiger partial charge in [-0.2, -0.15) is 0 Å². The van der Waals surface area contributed by atoms with Crippen LogP contribution in [0.1, 0.15) is 25.8 Å². The van der Waals surface area contributed by atoms with Gasteiger partial charge in [0.15, 0.2) is 0 Å². The third kappa shape index (κ3) is 3.21. The molecule has 0 radical (unpaired) electrons. The molecule has 0 aliphatic rings. The van der Waals surface area contributed by atoms with Crippen LogP contribution in [0, 0.1) is 5.92 Å². The Morgan fingerprint density at radius 2 is 1.78 bits per heavy atom. The van der Waals surface area contributed by atoms with E-state index in [-0.39, 0.29) is 6.04 Å². The fourth-order valence-corrected chi connectivity index (χ4v) is 2.25. The van der Waals surface area contributed by atoms with E-state index in [0.717, 1.165) is 6.42 Å². The maximum absolute atomic E-state index is 6.08. The largest absolute Gasteiger partial charge is 0.324 e. The maximum Gasteiger partial charge on any atom is 0.0229 e. The topological polar surface area (TPSA) is 26.0 Å². The predicted octanol–water partition coefficient (Wildman–Crippen LogP) is 4.23. The molecule has 94 valence electrons. The van der Waals surface area contributed by atoms with Gasteiger partial charge in [-0.25, -0.2) is 0 Å². The fraction of sp³-hybridized carbons (Fsp3) is 0.294. The highest BCUT2D eigenvalue weighted by molar-refractivity contribution is 5.90. The number of hydrogen-bond donors (Lipinski definition) is 1. The molecule has 2 rings (SSSR count). The lowest BCUT2D eigenvalue weighted by Crippen LogP contribution is -2.18. The molecule has 0 heterocycles. The third-order valence-corrected chi connectivity index (χ3v) is 3.09. The van der Waals surface area contributed by atoms with Gasteiger partial charge in [-0.15, -0.1) is 0 Å². The Hall–Kier alpha value is -1.60. The average molecular weight is 239 g/mol. The molecule has 1 atom stereocenters. The highest BCUT2D eigenvalue weighted by Crippen LogP contribution is 2.20. The summed E-state index contributed by atoms with van der Waals surface area (Å²) in [6.07, 6.45) is 5.29. The molecule has 0 saturated heterocycles. The Labute approximate surface area is 109 Å². The maximum atomic E-state index is 6.08. The molecular formula is C17H21N. The molecule has 0 amide bonds. The second-order valence-electron chi connectivity index (χ2n) is 5.22. The van der Waals surface area contributed by atoms with Crippen LogP contribution in [0.4, 0.5) is 0 Å². The van der Waals surface area contributed by atoms with Crippen LogP contribution in [-0.4, -0.2) is 6.04 Å². The molecule has 0 unspecified atom stereocenters. The van der Waals surface area contributed by atoms with Crippen molar-refractivity contribution in [3.05, 3.63) is 54.1 Å². The normalized spacial score (nSPS) is 13.6. The van der Waals surface area contributed by atoms with E-state index in [1.54, 1.807) is 0 Å². The molecule has 0 fully saturated rings. The first-order valence-electron chi connectivity index (χ1n) is 6.58. The summed E-state index contributed by atoms with van der Waals surface area (Å²) < 4.78 is 0. The SMILES string of the molecule is CC(C)C[C@H](N)/C=C/c1cccc2ccccc12. The molecule has 0 aliphatic heterocycles. The molecule has 2 N–H and O–H groups in total. The smallest absolute Gasteiger partial charge is 0.0229 e. The zero-order valence-electron chi connectivity index (χ0n) is 11.1. The zero-order valence-corrected chi connectivity index (χ0v) is 11.1. The van der Waals surface area contributed by atoms with Crippen molar-refractivity contribution in [3.8, 4) is 0 Å². The van der Waals surface area contributed by atoms with Gasteiger partial charge in [0, 0.05) is 6.04 Å². The minimum absolute atomic E-state index is 0.143. The van der Waals surface area contributed by atoms with Gasteiger partial charge in [0.1, 0.15) is 0 Å². The van der Waals surface area contributed by atoms with Crippen molar-refractivity contribution < 1.29 is 0 Å². The molecule has 1 nitrogen and oxygen atoms in total. The van der Waals surface area contributed by atoms with E-state index in [9.17, 15) is 0 Å². The van der Waals surface area contributed by atoms with Crippen molar-refractivity contribution in [1.29, 1.82) is 0 Å². The fourth-order valence-electron chi connectivity index (χ4n) is 2.25. The van der Waals surface area contributed by atoms with E-state index >= 15 is 0 Å². The Balaban J connectivity index is 2.24. The van der Waals surface area contributed by atoms with E-state index in [0.29, 0.717) is 5.92 Å². The van der Waals surface area contributed by atoms with Crippen molar-refractivity contribution in [2.75, 3.05) is 0 Å². The summed E-state index contributed by atoms with van der Waals surface area (Å²) in [5.74, 6) is 0.636. The van der Waals surface area contributed by atoms with Gasteiger partial charge in [-0.1, -0.05) is 68.5 Å². The second-order valence-corrected chi connectivity index (χ2v) is 5.22. The summed E-state index contributed by atoms with van der Waals surface area (Å²) in [5.41, 5.74) is 7.32. The molecule has 2 aromatic carbocycles. The highest BCUT2D eigenvalue weighted by atomic mass is 14.6. The lowest BCUT2D eigenvalue weighted by molar-refractivity contribution is 0.547. The van der Waals surface area contributed by atoms with Crippen LogP contribution in [0.2, 0.25) is 0 Å². The van der Waals surface area contributed by atoms with Crippen molar-refractivity contribution in [3.63, 3.8) is 0 Å². The number of benzene rings is 2. The summed E-state index contributed by atoms with van der Waals surface area (Å²) in [7, 11) is 0. The van der Waals surface area contributed by atoms with Crippen molar-refractivity contribution >= 4 is 16.8 Å². The number of fused-ring (bicyclic) bond motifs is 1. The van der Waals surface area contributed by atoms with Crippen molar-refractivity contribution in [2.45, 2.75) is 26.3 Å². The molecule has 0 spiro atoms. The molecule has 0 aromatic heterocycles. The van der Waals surface area contributed by atoms with Crippen molar-refractivity contribution in [2.24, 2.45) is 11.7 Å². The highest BCUT2D eigenvalue weighted by Gasteiger charge is 2.02. The summed E-state index contributed by atoms with van der Waals surface area (Å²) in [5, 5.41) is 2.56. The Bertz CT molecular complexity index is 535. The molecule has 1 heteroatoms. The Morgan fingerprint density at radius 1 is 1.06 bits per heavy atom. The van der Waals surface area contributed by atoms with Gasteiger partial charge >= 0.3 is 0 Å². The van der Waals surface area contributed by atoms with Gasteiger partial charge in [-0.3, -0.25) is 0 Å². The molecular weight excluding hydrogens is 218 g/mol. The first kappa shape index (κ1) is 12.8. The van der Waals surface area contributed by atoms with Crippen LogP contribution in [-0.2, 0) is 0 Å². The minimum Gasteiger partial charge on any atom is -0.324 e. The van der Waals surface area contributed by atoms with Crippen LogP contribution in [0.25, 0.3) is 16.8 Å². The Kier molecular flexibility index (Phi) is 4.16. The van der Waals surface area contributed by atoms with Crippen LogP contribution >= 0.6 is 0 Å². The predicted molar refractivity (Wildman–Crippen MR) is 80.4 cm³/mol. The summed E-state index contributed by atoms with van der Waals surface area (Å²) >= 11 is 0. The van der Waals surface area contributed by atoms with Crippen molar-refractivity contribution in [1.82, 2.24) is 0 Å². The van der Waals surface area contributed by atoms with E-state index in [1.807, 2.05) is 0 Å². The van der Waals surface area contributed by atoms with Crippen LogP contribution in [0.15, 0.2) is 48.5 Å².